The smallest absolute Gasteiger partial charge is 0.351 e. The van der Waals surface area contributed by atoms with Gasteiger partial charge in [0.1, 0.15) is 0 Å². The second-order valence-electron chi connectivity index (χ2n) is 6.97. The highest BCUT2D eigenvalue weighted by Crippen LogP contribution is 2.29. The first-order valence-electron chi connectivity index (χ1n) is 9.45. The molecule has 0 unspecified atom stereocenters. The van der Waals surface area contributed by atoms with E-state index in [4.69, 9.17) is 11.6 Å². The van der Waals surface area contributed by atoms with Crippen LogP contribution in [-0.4, -0.2) is 33.0 Å². The summed E-state index contributed by atoms with van der Waals surface area (Å²) in [5.41, 5.74) is 0.106. The van der Waals surface area contributed by atoms with Gasteiger partial charge in [0.05, 0.1) is 23.0 Å². The zero-order valence-electron chi connectivity index (χ0n) is 16.8. The number of carbonyl (C=O) groups excluding carboxylic acids is 1. The van der Waals surface area contributed by atoms with E-state index in [1.54, 1.807) is 23.9 Å². The summed E-state index contributed by atoms with van der Waals surface area (Å²) in [6.07, 6.45) is -2.29. The van der Waals surface area contributed by atoms with E-state index < -0.39 is 11.7 Å². The van der Waals surface area contributed by atoms with Crippen LogP contribution in [0.1, 0.15) is 41.4 Å². The van der Waals surface area contributed by atoms with Crippen molar-refractivity contribution >= 4 is 29.3 Å². The van der Waals surface area contributed by atoms with Crippen molar-refractivity contribution in [2.24, 2.45) is 0 Å². The summed E-state index contributed by atoms with van der Waals surface area (Å²) in [6, 6.07) is 9.62. The first-order valence-corrected chi connectivity index (χ1v) is 10.8. The minimum absolute atomic E-state index is 0.101. The van der Waals surface area contributed by atoms with Crippen molar-refractivity contribution in [1.82, 2.24) is 20.1 Å². The highest BCUT2D eigenvalue weighted by Gasteiger charge is 2.31. The van der Waals surface area contributed by atoms with Gasteiger partial charge < -0.3 is 5.32 Å². The van der Waals surface area contributed by atoms with E-state index >= 15 is 0 Å². The molecule has 0 radical (unpaired) electrons. The molecule has 0 aliphatic heterocycles. The number of hydrogen-bond acceptors (Lipinski definition) is 4. The van der Waals surface area contributed by atoms with Crippen molar-refractivity contribution in [3.63, 3.8) is 0 Å². The predicted molar refractivity (Wildman–Crippen MR) is 115 cm³/mol. The summed E-state index contributed by atoms with van der Waals surface area (Å²) >= 11 is 7.45. The fourth-order valence-corrected chi connectivity index (χ4v) is 3.80. The van der Waals surface area contributed by atoms with Crippen LogP contribution >= 0.6 is 23.4 Å². The van der Waals surface area contributed by atoms with Crippen molar-refractivity contribution in [2.75, 3.05) is 12.3 Å². The molecule has 2 aromatic heterocycles. The number of thioether (sulfide) groups is 1. The summed E-state index contributed by atoms with van der Waals surface area (Å²) in [6.45, 7) is 4.20. The van der Waals surface area contributed by atoms with Gasteiger partial charge in [-0.3, -0.25) is 4.79 Å². The third-order valence-corrected chi connectivity index (χ3v) is 5.63. The lowest BCUT2D eigenvalue weighted by Gasteiger charge is -2.13. The monoisotopic (exact) mass is 468 g/mol. The Morgan fingerprint density at radius 3 is 2.45 bits per heavy atom. The molecule has 0 bridgehead atoms. The number of nitrogens with one attached hydrogen (secondary N) is 1. The van der Waals surface area contributed by atoms with Gasteiger partial charge in [-0.25, -0.2) is 9.67 Å². The SMILES string of the molecule is CC(C)c1c(C(=O)NCCSc2ccc(Cl)cc2)cnn1-c1ccc(C(F)(F)F)cn1. The maximum atomic E-state index is 12.8. The Labute approximate surface area is 187 Å². The largest absolute Gasteiger partial charge is 0.417 e. The predicted octanol–water partition coefficient (Wildman–Crippen LogP) is 5.59. The molecule has 0 atom stereocenters. The number of aromatic nitrogens is 3. The van der Waals surface area contributed by atoms with E-state index in [1.165, 1.54) is 16.9 Å². The summed E-state index contributed by atoms with van der Waals surface area (Å²) in [4.78, 5) is 17.6. The molecule has 3 rings (SSSR count). The molecular weight excluding hydrogens is 449 g/mol. The van der Waals surface area contributed by atoms with Gasteiger partial charge in [0.25, 0.3) is 5.91 Å². The number of amides is 1. The molecule has 0 saturated carbocycles. The van der Waals surface area contributed by atoms with Crippen molar-refractivity contribution in [2.45, 2.75) is 30.8 Å². The van der Waals surface area contributed by atoms with Gasteiger partial charge in [0.2, 0.25) is 0 Å². The molecule has 0 aliphatic rings. The molecule has 0 spiro atoms. The number of halogens is 4. The lowest BCUT2D eigenvalue weighted by molar-refractivity contribution is -0.137. The summed E-state index contributed by atoms with van der Waals surface area (Å²) in [5, 5.41) is 7.73. The second kappa shape index (κ2) is 9.74. The van der Waals surface area contributed by atoms with Gasteiger partial charge in [0.15, 0.2) is 5.82 Å². The normalized spacial score (nSPS) is 11.7. The molecule has 5 nitrogen and oxygen atoms in total. The van der Waals surface area contributed by atoms with Crippen molar-refractivity contribution < 1.29 is 18.0 Å². The van der Waals surface area contributed by atoms with E-state index in [0.717, 1.165) is 17.2 Å². The molecule has 1 N–H and O–H groups in total. The quantitative estimate of drug-likeness (QED) is 0.363. The molecule has 10 heteroatoms. The number of pyridine rings is 1. The van der Waals surface area contributed by atoms with E-state index in [2.05, 4.69) is 15.4 Å². The van der Waals surface area contributed by atoms with Crippen LogP contribution in [0.15, 0.2) is 53.7 Å². The molecule has 2 heterocycles. The van der Waals surface area contributed by atoms with Crippen LogP contribution < -0.4 is 5.32 Å². The average molecular weight is 469 g/mol. The number of nitrogens with zero attached hydrogens (tertiary/aromatic N) is 3. The van der Waals surface area contributed by atoms with Crippen molar-refractivity contribution in [3.8, 4) is 5.82 Å². The molecule has 1 aromatic carbocycles. The molecule has 164 valence electrons. The maximum absolute atomic E-state index is 12.8. The highest BCUT2D eigenvalue weighted by molar-refractivity contribution is 7.99. The van der Waals surface area contributed by atoms with Gasteiger partial charge in [0, 0.05) is 28.4 Å². The van der Waals surface area contributed by atoms with Crippen LogP contribution in [0.3, 0.4) is 0 Å². The van der Waals surface area contributed by atoms with E-state index in [1.807, 2.05) is 26.0 Å². The Morgan fingerprint density at radius 1 is 1.16 bits per heavy atom. The number of rotatable bonds is 7. The number of carbonyl (C=O) groups is 1. The van der Waals surface area contributed by atoms with Gasteiger partial charge >= 0.3 is 6.18 Å². The van der Waals surface area contributed by atoms with E-state index in [9.17, 15) is 18.0 Å². The fraction of sp³-hybridized carbons (Fsp3) is 0.286. The highest BCUT2D eigenvalue weighted by atomic mass is 35.5. The molecule has 0 aliphatic carbocycles. The first kappa shape index (κ1) is 23.1. The van der Waals surface area contributed by atoms with Crippen LogP contribution in [-0.2, 0) is 6.18 Å². The summed E-state index contributed by atoms with van der Waals surface area (Å²) < 4.78 is 39.8. The Kier molecular flexibility index (Phi) is 7.27. The van der Waals surface area contributed by atoms with Gasteiger partial charge in [-0.2, -0.15) is 18.3 Å². The van der Waals surface area contributed by atoms with Gasteiger partial charge in [-0.15, -0.1) is 11.8 Å². The fourth-order valence-electron chi connectivity index (χ4n) is 2.91. The third-order valence-electron chi connectivity index (χ3n) is 4.36. The summed E-state index contributed by atoms with van der Waals surface area (Å²) in [7, 11) is 0. The Morgan fingerprint density at radius 2 is 1.87 bits per heavy atom. The zero-order valence-corrected chi connectivity index (χ0v) is 18.4. The van der Waals surface area contributed by atoms with Crippen LogP contribution in [0.25, 0.3) is 5.82 Å². The summed E-state index contributed by atoms with van der Waals surface area (Å²) in [5.74, 6) is 0.488. The van der Waals surface area contributed by atoms with Gasteiger partial charge in [-0.1, -0.05) is 25.4 Å². The van der Waals surface area contributed by atoms with Gasteiger partial charge in [-0.05, 0) is 42.3 Å². The van der Waals surface area contributed by atoms with E-state index in [-0.39, 0.29) is 17.6 Å². The average Bonchev–Trinajstić information content (AvgIpc) is 3.17. The molecule has 31 heavy (non-hydrogen) atoms. The standard InChI is InChI=1S/C21H20ClF3N4OS/c1-13(2)19-17(20(30)26-9-10-31-16-6-4-15(22)5-7-16)12-28-29(19)18-8-3-14(11-27-18)21(23,24)25/h3-8,11-13H,9-10H2,1-2H3,(H,26,30). The second-order valence-corrected chi connectivity index (χ2v) is 8.58. The van der Waals surface area contributed by atoms with E-state index in [0.29, 0.717) is 28.6 Å². The van der Waals surface area contributed by atoms with Crippen LogP contribution in [0.5, 0.6) is 0 Å². The minimum Gasteiger partial charge on any atom is -0.351 e. The van der Waals surface area contributed by atoms with Crippen LogP contribution in [0, 0.1) is 0 Å². The molecule has 0 fully saturated rings. The minimum atomic E-state index is -4.47. The molecular formula is C21H20ClF3N4OS. The molecule has 3 aromatic rings. The maximum Gasteiger partial charge on any atom is 0.417 e. The lowest BCUT2D eigenvalue weighted by Crippen LogP contribution is -2.26. The Bertz CT molecular complexity index is 1030. The molecule has 1 amide bonds. The topological polar surface area (TPSA) is 59.8 Å². The number of benzene rings is 1. The number of alkyl halides is 3. The Balaban J connectivity index is 1.69. The zero-order chi connectivity index (χ0) is 22.6. The number of hydrogen-bond donors (Lipinski definition) is 1. The lowest BCUT2D eigenvalue weighted by atomic mass is 10.1. The van der Waals surface area contributed by atoms with Crippen LogP contribution in [0.4, 0.5) is 13.2 Å². The molecule has 0 saturated heterocycles. The van der Waals surface area contributed by atoms with Crippen molar-refractivity contribution in [1.29, 1.82) is 0 Å². The first-order chi connectivity index (χ1) is 14.7. The third kappa shape index (κ3) is 5.80. The Hall–Kier alpha value is -2.52. The van der Waals surface area contributed by atoms with Crippen LogP contribution in [0.2, 0.25) is 5.02 Å². The van der Waals surface area contributed by atoms with Crippen molar-refractivity contribution in [3.05, 3.63) is 70.6 Å².